The minimum Gasteiger partial charge on any atom is -0.238 e. The third-order valence-electron chi connectivity index (χ3n) is 0.670. The van der Waals surface area contributed by atoms with E-state index in [2.05, 4.69) is 20.9 Å². The maximum Gasteiger partial charge on any atom is 0.208 e. The largest absolute Gasteiger partial charge is 0.238 e. The molecule has 1 heterocycles. The summed E-state index contributed by atoms with van der Waals surface area (Å²) in [4.78, 5) is 9.57. The molecule has 0 bridgehead atoms. The molecule has 48 valence electrons. The van der Waals surface area contributed by atoms with Crippen molar-refractivity contribution in [3.8, 4) is 0 Å². The van der Waals surface area contributed by atoms with Gasteiger partial charge in [0.15, 0.2) is 0 Å². The number of rotatable bonds is 2. The molecule has 0 aromatic rings. The first kappa shape index (κ1) is 6.21. The summed E-state index contributed by atoms with van der Waals surface area (Å²) in [6.07, 6.45) is 1.55. The van der Waals surface area contributed by atoms with Crippen LogP contribution in [0.5, 0.6) is 0 Å². The van der Waals surface area contributed by atoms with Crippen LogP contribution in [0, 0.1) is 4.91 Å². The van der Waals surface area contributed by atoms with Crippen LogP contribution in [0.15, 0.2) is 27.1 Å². The standard InChI is InChI=1S/C3H4N4OS/c8-7-6-3-5-4-1-2-9-3/h1-3H,(H,6,8). The predicted octanol–water partition coefficient (Wildman–Crippen LogP) is 1.21. The summed E-state index contributed by atoms with van der Waals surface area (Å²) in [7, 11) is 0. The van der Waals surface area contributed by atoms with Crippen LogP contribution in [0.4, 0.5) is 0 Å². The Balaban J connectivity index is 2.36. The van der Waals surface area contributed by atoms with Crippen LogP contribution in [0.1, 0.15) is 0 Å². The van der Waals surface area contributed by atoms with Crippen LogP contribution in [0.25, 0.3) is 0 Å². The first-order valence-corrected chi connectivity index (χ1v) is 3.16. The van der Waals surface area contributed by atoms with E-state index in [4.69, 9.17) is 0 Å². The first-order chi connectivity index (χ1) is 4.43. The van der Waals surface area contributed by atoms with Crippen LogP contribution in [0.2, 0.25) is 0 Å². The number of nitrogens with one attached hydrogen (secondary N) is 1. The SMILES string of the molecule is O=NNC1N=NC=CS1. The van der Waals surface area contributed by atoms with Gasteiger partial charge >= 0.3 is 0 Å². The molecule has 5 nitrogen and oxygen atoms in total. The summed E-state index contributed by atoms with van der Waals surface area (Å²) in [5, 5.41) is 11.3. The Bertz CT molecular complexity index is 154. The van der Waals surface area contributed by atoms with Gasteiger partial charge in [-0.2, -0.15) is 10.2 Å². The lowest BCUT2D eigenvalue weighted by atomic mass is 11.0. The van der Waals surface area contributed by atoms with Gasteiger partial charge in [0, 0.05) is 0 Å². The molecule has 0 saturated heterocycles. The van der Waals surface area contributed by atoms with Crippen molar-refractivity contribution in [1.82, 2.24) is 5.43 Å². The lowest BCUT2D eigenvalue weighted by molar-refractivity contribution is 0.679. The molecule has 0 aliphatic carbocycles. The van der Waals surface area contributed by atoms with Crippen molar-refractivity contribution in [2.75, 3.05) is 0 Å². The summed E-state index contributed by atoms with van der Waals surface area (Å²) >= 11 is 1.34. The highest BCUT2D eigenvalue weighted by Gasteiger charge is 2.04. The van der Waals surface area contributed by atoms with E-state index in [9.17, 15) is 4.91 Å². The molecule has 1 aliphatic heterocycles. The number of hydrogen-bond acceptors (Lipinski definition) is 5. The van der Waals surface area contributed by atoms with Crippen LogP contribution in [0.3, 0.4) is 0 Å². The van der Waals surface area contributed by atoms with Crippen molar-refractivity contribution >= 4 is 11.8 Å². The van der Waals surface area contributed by atoms with Gasteiger partial charge in [-0.3, -0.25) is 0 Å². The van der Waals surface area contributed by atoms with Gasteiger partial charge < -0.3 is 0 Å². The monoisotopic (exact) mass is 144 g/mol. The fourth-order valence-electron chi connectivity index (χ4n) is 0.364. The highest BCUT2D eigenvalue weighted by atomic mass is 32.2. The zero-order valence-electron chi connectivity index (χ0n) is 4.39. The number of hydrogen-bond donors (Lipinski definition) is 1. The average Bonchev–Trinajstić information content (AvgIpc) is 1.91. The van der Waals surface area contributed by atoms with Crippen molar-refractivity contribution in [2.24, 2.45) is 15.5 Å². The van der Waals surface area contributed by atoms with E-state index in [1.807, 2.05) is 0 Å². The average molecular weight is 144 g/mol. The molecule has 0 saturated carbocycles. The third kappa shape index (κ3) is 1.80. The molecule has 0 fully saturated rings. The van der Waals surface area contributed by atoms with Gasteiger partial charge in [0.2, 0.25) is 5.50 Å². The van der Waals surface area contributed by atoms with Gasteiger partial charge in [-0.05, 0) is 5.41 Å². The summed E-state index contributed by atoms with van der Waals surface area (Å²) in [6.45, 7) is 0. The lowest BCUT2D eigenvalue weighted by Crippen LogP contribution is -2.16. The second kappa shape index (κ2) is 3.18. The van der Waals surface area contributed by atoms with Crippen molar-refractivity contribution in [1.29, 1.82) is 0 Å². The molecular weight excluding hydrogens is 140 g/mol. The van der Waals surface area contributed by atoms with Gasteiger partial charge in [0.05, 0.1) is 11.5 Å². The number of thioether (sulfide) groups is 1. The number of nitrogens with zero attached hydrogens (tertiary/aromatic N) is 3. The molecule has 0 spiro atoms. The first-order valence-electron chi connectivity index (χ1n) is 2.22. The van der Waals surface area contributed by atoms with E-state index in [1.165, 1.54) is 11.8 Å². The molecule has 0 amide bonds. The Morgan fingerprint density at radius 3 is 3.22 bits per heavy atom. The van der Waals surface area contributed by atoms with Gasteiger partial charge in [0.1, 0.15) is 0 Å². The molecule has 1 atom stereocenters. The fourth-order valence-corrected chi connectivity index (χ4v) is 0.851. The van der Waals surface area contributed by atoms with Crippen LogP contribution in [-0.2, 0) is 0 Å². The van der Waals surface area contributed by atoms with E-state index in [0.717, 1.165) is 0 Å². The third-order valence-corrected chi connectivity index (χ3v) is 1.41. The van der Waals surface area contributed by atoms with Crippen LogP contribution in [-0.4, -0.2) is 5.50 Å². The van der Waals surface area contributed by atoms with E-state index in [1.54, 1.807) is 11.6 Å². The molecule has 1 aliphatic rings. The minimum absolute atomic E-state index is 0.340. The van der Waals surface area contributed by atoms with Gasteiger partial charge in [0.25, 0.3) is 0 Å². The highest BCUT2D eigenvalue weighted by Crippen LogP contribution is 2.15. The topological polar surface area (TPSA) is 66.2 Å². The Kier molecular flexibility index (Phi) is 2.20. The maximum absolute atomic E-state index is 9.57. The van der Waals surface area contributed by atoms with E-state index >= 15 is 0 Å². The Morgan fingerprint density at radius 2 is 2.67 bits per heavy atom. The molecule has 6 heteroatoms. The van der Waals surface area contributed by atoms with E-state index in [0.29, 0.717) is 0 Å². The molecule has 0 aromatic heterocycles. The molecule has 0 radical (unpaired) electrons. The summed E-state index contributed by atoms with van der Waals surface area (Å²) in [5.74, 6) is 0. The van der Waals surface area contributed by atoms with Crippen molar-refractivity contribution in [2.45, 2.75) is 5.50 Å². The van der Waals surface area contributed by atoms with Crippen LogP contribution >= 0.6 is 11.8 Å². The minimum atomic E-state index is -0.340. The second-order valence-electron chi connectivity index (χ2n) is 1.22. The van der Waals surface area contributed by atoms with Gasteiger partial charge in [-0.15, -0.1) is 4.91 Å². The zero-order valence-corrected chi connectivity index (χ0v) is 5.21. The number of nitroso groups, excluding NO2 is 1. The predicted molar refractivity (Wildman–Crippen MR) is 34.3 cm³/mol. The quantitative estimate of drug-likeness (QED) is 0.468. The smallest absolute Gasteiger partial charge is 0.208 e. The summed E-state index contributed by atoms with van der Waals surface area (Å²) in [6, 6.07) is 0. The molecule has 0 aromatic carbocycles. The van der Waals surface area contributed by atoms with E-state index < -0.39 is 0 Å². The van der Waals surface area contributed by atoms with Crippen molar-refractivity contribution < 1.29 is 0 Å². The fraction of sp³-hybridized carbons (Fsp3) is 0.333. The molecular formula is C3H4N4OS. The Hall–Kier alpha value is -0.910. The molecule has 1 unspecified atom stereocenters. The van der Waals surface area contributed by atoms with Crippen molar-refractivity contribution in [3.63, 3.8) is 0 Å². The molecule has 9 heavy (non-hydrogen) atoms. The van der Waals surface area contributed by atoms with Crippen LogP contribution < -0.4 is 5.43 Å². The van der Waals surface area contributed by atoms with Crippen molar-refractivity contribution in [3.05, 3.63) is 16.5 Å². The highest BCUT2D eigenvalue weighted by molar-refractivity contribution is 8.02. The number of azo groups is 1. The van der Waals surface area contributed by atoms with E-state index in [-0.39, 0.29) is 5.50 Å². The molecule has 1 N–H and O–H groups in total. The normalized spacial score (nSPS) is 23.8. The maximum atomic E-state index is 9.57. The summed E-state index contributed by atoms with van der Waals surface area (Å²) < 4.78 is 0. The lowest BCUT2D eigenvalue weighted by Gasteiger charge is -2.05. The second-order valence-corrected chi connectivity index (χ2v) is 2.22. The van der Waals surface area contributed by atoms with Gasteiger partial charge in [-0.1, -0.05) is 11.8 Å². The van der Waals surface area contributed by atoms with Gasteiger partial charge in [-0.25, -0.2) is 5.43 Å². The summed E-state index contributed by atoms with van der Waals surface area (Å²) in [5.41, 5.74) is 1.86. The Morgan fingerprint density at radius 1 is 1.78 bits per heavy atom. The zero-order chi connectivity index (χ0) is 6.53. The molecule has 1 rings (SSSR count). The Labute approximate surface area is 55.6 Å².